The van der Waals surface area contributed by atoms with Gasteiger partial charge in [-0.3, -0.25) is 15.0 Å². The van der Waals surface area contributed by atoms with Crippen LogP contribution in [0, 0.1) is 12.8 Å². The molecule has 5 heteroatoms. The Labute approximate surface area is 141 Å². The molecule has 0 radical (unpaired) electrons. The summed E-state index contributed by atoms with van der Waals surface area (Å²) in [6.07, 6.45) is 2.53. The van der Waals surface area contributed by atoms with Gasteiger partial charge in [-0.2, -0.15) is 0 Å². The van der Waals surface area contributed by atoms with Gasteiger partial charge in [0, 0.05) is 17.5 Å². The van der Waals surface area contributed by atoms with Crippen molar-refractivity contribution in [2.45, 2.75) is 33.2 Å². The lowest BCUT2D eigenvalue weighted by Crippen LogP contribution is -2.32. The number of hydrogen-bond donors (Lipinski definition) is 1. The molecule has 1 N–H and O–H groups in total. The number of hydrogen-bond acceptors (Lipinski definition) is 4. The fourth-order valence-corrected chi connectivity index (χ4v) is 3.54. The van der Waals surface area contributed by atoms with Gasteiger partial charge < -0.3 is 0 Å². The van der Waals surface area contributed by atoms with Gasteiger partial charge in [0.15, 0.2) is 5.13 Å². The Morgan fingerprint density at radius 3 is 2.91 bits per heavy atom. The summed E-state index contributed by atoms with van der Waals surface area (Å²) < 4.78 is 0. The van der Waals surface area contributed by atoms with E-state index in [0.29, 0.717) is 10.7 Å². The van der Waals surface area contributed by atoms with Crippen LogP contribution < -0.4 is 5.32 Å². The fourth-order valence-electron chi connectivity index (χ4n) is 2.84. The molecule has 0 unspecified atom stereocenters. The van der Waals surface area contributed by atoms with Gasteiger partial charge in [0.1, 0.15) is 0 Å². The molecule has 3 rings (SSSR count). The molecule has 122 valence electrons. The van der Waals surface area contributed by atoms with E-state index >= 15 is 0 Å². The number of amides is 1. The number of carbonyl (C=O) groups is 1. The van der Waals surface area contributed by atoms with Gasteiger partial charge in [-0.25, -0.2) is 4.98 Å². The van der Waals surface area contributed by atoms with Crippen molar-refractivity contribution < 1.29 is 4.79 Å². The van der Waals surface area contributed by atoms with E-state index in [1.165, 1.54) is 24.2 Å². The van der Waals surface area contributed by atoms with Crippen molar-refractivity contribution in [3.8, 4) is 0 Å². The first kappa shape index (κ1) is 16.1. The number of aromatic nitrogens is 1. The maximum atomic E-state index is 12.2. The first-order valence-corrected chi connectivity index (χ1v) is 9.03. The Morgan fingerprint density at radius 1 is 1.39 bits per heavy atom. The van der Waals surface area contributed by atoms with E-state index in [1.807, 2.05) is 36.6 Å². The van der Waals surface area contributed by atoms with Gasteiger partial charge >= 0.3 is 0 Å². The monoisotopic (exact) mass is 329 g/mol. The van der Waals surface area contributed by atoms with Gasteiger partial charge in [0.2, 0.25) is 0 Å². The van der Waals surface area contributed by atoms with Crippen LogP contribution in [-0.2, 0) is 6.54 Å². The first-order valence-electron chi connectivity index (χ1n) is 8.15. The summed E-state index contributed by atoms with van der Waals surface area (Å²) in [5.41, 5.74) is 2.80. The van der Waals surface area contributed by atoms with Crippen LogP contribution in [0.3, 0.4) is 0 Å². The van der Waals surface area contributed by atoms with Crippen LogP contribution in [0.1, 0.15) is 41.4 Å². The predicted octanol–water partition coefficient (Wildman–Crippen LogP) is 3.94. The van der Waals surface area contributed by atoms with Gasteiger partial charge in [-0.15, -0.1) is 11.3 Å². The lowest BCUT2D eigenvalue weighted by atomic mass is 9.99. The Balaban J connectivity index is 1.58. The molecule has 1 amide bonds. The number of anilines is 1. The maximum Gasteiger partial charge on any atom is 0.257 e. The van der Waals surface area contributed by atoms with Gasteiger partial charge in [-0.1, -0.05) is 24.6 Å². The fraction of sp³-hybridized carbons (Fsp3) is 0.444. The molecule has 1 aliphatic rings. The van der Waals surface area contributed by atoms with Crippen LogP contribution in [0.5, 0.6) is 0 Å². The van der Waals surface area contributed by atoms with Crippen molar-refractivity contribution in [3.63, 3.8) is 0 Å². The van der Waals surface area contributed by atoms with Gasteiger partial charge in [0.05, 0.1) is 5.69 Å². The molecule has 0 saturated carbocycles. The highest BCUT2D eigenvalue weighted by molar-refractivity contribution is 7.13. The number of aryl methyl sites for hydroxylation is 1. The number of benzene rings is 1. The SMILES string of the molecule is Cc1cccc(C(=O)Nc2nc(CN3CCC(C)CC3)cs2)c1. The third-order valence-corrected chi connectivity index (χ3v) is 5.12. The quantitative estimate of drug-likeness (QED) is 0.924. The van der Waals surface area contributed by atoms with Crippen LogP contribution in [0.25, 0.3) is 0 Å². The van der Waals surface area contributed by atoms with Crippen molar-refractivity contribution in [2.24, 2.45) is 5.92 Å². The van der Waals surface area contributed by atoms with E-state index in [9.17, 15) is 4.79 Å². The highest BCUT2D eigenvalue weighted by atomic mass is 32.1. The van der Waals surface area contributed by atoms with Crippen molar-refractivity contribution in [3.05, 3.63) is 46.5 Å². The Kier molecular flexibility index (Phi) is 5.08. The number of thiazole rings is 1. The Bertz CT molecular complexity index is 674. The molecular formula is C18H23N3OS. The molecule has 1 aromatic heterocycles. The lowest BCUT2D eigenvalue weighted by Gasteiger charge is -2.29. The Hall–Kier alpha value is -1.72. The molecule has 4 nitrogen and oxygen atoms in total. The standard InChI is InChI=1S/C18H23N3OS/c1-13-6-8-21(9-7-13)11-16-12-23-18(19-16)20-17(22)15-5-3-4-14(2)10-15/h3-5,10,12-13H,6-9,11H2,1-2H3,(H,19,20,22). The summed E-state index contributed by atoms with van der Waals surface area (Å²) in [4.78, 5) is 19.2. The van der Waals surface area contributed by atoms with Crippen LogP contribution >= 0.6 is 11.3 Å². The largest absolute Gasteiger partial charge is 0.298 e. The summed E-state index contributed by atoms with van der Waals surface area (Å²) in [6, 6.07) is 7.59. The van der Waals surface area contributed by atoms with E-state index < -0.39 is 0 Å². The van der Waals surface area contributed by atoms with Crippen LogP contribution in [-0.4, -0.2) is 28.9 Å². The highest BCUT2D eigenvalue weighted by Gasteiger charge is 2.17. The third-order valence-electron chi connectivity index (χ3n) is 4.31. The Morgan fingerprint density at radius 2 is 2.17 bits per heavy atom. The topological polar surface area (TPSA) is 45.2 Å². The molecule has 0 atom stereocenters. The van der Waals surface area contributed by atoms with Crippen molar-refractivity contribution >= 4 is 22.4 Å². The number of piperidine rings is 1. The summed E-state index contributed by atoms with van der Waals surface area (Å²) in [6.45, 7) is 7.47. The smallest absolute Gasteiger partial charge is 0.257 e. The average Bonchev–Trinajstić information content (AvgIpc) is 2.96. The maximum absolute atomic E-state index is 12.2. The second-order valence-corrected chi connectivity index (χ2v) is 7.28. The average molecular weight is 329 g/mol. The van der Waals surface area contributed by atoms with Crippen LogP contribution in [0.4, 0.5) is 5.13 Å². The minimum absolute atomic E-state index is 0.0959. The van der Waals surface area contributed by atoms with E-state index in [0.717, 1.165) is 36.8 Å². The molecule has 0 spiro atoms. The molecule has 1 aliphatic heterocycles. The molecule has 23 heavy (non-hydrogen) atoms. The molecule has 0 aliphatic carbocycles. The number of carbonyl (C=O) groups excluding carboxylic acids is 1. The van der Waals surface area contributed by atoms with E-state index in [2.05, 4.69) is 22.1 Å². The summed E-state index contributed by atoms with van der Waals surface area (Å²) in [5.74, 6) is 0.743. The number of likely N-dealkylation sites (tertiary alicyclic amines) is 1. The molecule has 1 saturated heterocycles. The van der Waals surface area contributed by atoms with Crippen molar-refractivity contribution in [2.75, 3.05) is 18.4 Å². The molecule has 2 heterocycles. The minimum atomic E-state index is -0.0959. The minimum Gasteiger partial charge on any atom is -0.298 e. The second-order valence-electron chi connectivity index (χ2n) is 6.43. The summed E-state index contributed by atoms with van der Waals surface area (Å²) in [5, 5.41) is 5.62. The zero-order valence-electron chi connectivity index (χ0n) is 13.7. The van der Waals surface area contributed by atoms with E-state index in [-0.39, 0.29) is 5.91 Å². The van der Waals surface area contributed by atoms with Gasteiger partial charge in [0.25, 0.3) is 5.91 Å². The van der Waals surface area contributed by atoms with E-state index in [4.69, 9.17) is 0 Å². The lowest BCUT2D eigenvalue weighted by molar-refractivity contribution is 0.102. The molecule has 1 aromatic carbocycles. The van der Waals surface area contributed by atoms with Gasteiger partial charge in [-0.05, 0) is 50.9 Å². The second kappa shape index (κ2) is 7.23. The van der Waals surface area contributed by atoms with Crippen molar-refractivity contribution in [1.82, 2.24) is 9.88 Å². The zero-order chi connectivity index (χ0) is 16.2. The summed E-state index contributed by atoms with van der Waals surface area (Å²) >= 11 is 1.50. The molecule has 1 fully saturated rings. The number of nitrogens with one attached hydrogen (secondary N) is 1. The summed E-state index contributed by atoms with van der Waals surface area (Å²) in [7, 11) is 0. The highest BCUT2D eigenvalue weighted by Crippen LogP contribution is 2.21. The predicted molar refractivity (Wildman–Crippen MR) is 94.9 cm³/mol. The molecule has 2 aromatic rings. The van der Waals surface area contributed by atoms with Crippen LogP contribution in [0.15, 0.2) is 29.6 Å². The molecule has 0 bridgehead atoms. The van der Waals surface area contributed by atoms with E-state index in [1.54, 1.807) is 0 Å². The zero-order valence-corrected chi connectivity index (χ0v) is 14.5. The molecular weight excluding hydrogens is 306 g/mol. The normalized spacial score (nSPS) is 16.4. The van der Waals surface area contributed by atoms with Crippen molar-refractivity contribution in [1.29, 1.82) is 0 Å². The first-order chi connectivity index (χ1) is 11.1. The number of rotatable bonds is 4. The van der Waals surface area contributed by atoms with Crippen LogP contribution in [0.2, 0.25) is 0 Å². The third kappa shape index (κ3) is 4.39. The number of nitrogens with zero attached hydrogens (tertiary/aromatic N) is 2.